The summed E-state index contributed by atoms with van der Waals surface area (Å²) in [5.41, 5.74) is 3.32. The van der Waals surface area contributed by atoms with Crippen LogP contribution in [0.25, 0.3) is 0 Å². The van der Waals surface area contributed by atoms with Crippen molar-refractivity contribution >= 4 is 9.84 Å². The van der Waals surface area contributed by atoms with Crippen LogP contribution in [0.15, 0.2) is 0 Å². The highest BCUT2D eigenvalue weighted by Crippen LogP contribution is 2.27. The van der Waals surface area contributed by atoms with E-state index in [9.17, 15) is 8.42 Å². The minimum Gasteiger partial charge on any atom is -0.396 e. The molecule has 0 unspecified atom stereocenters. The molecular weight excluding hydrogens is 264 g/mol. The van der Waals surface area contributed by atoms with E-state index in [0.717, 1.165) is 24.2 Å². The Morgan fingerprint density at radius 3 is 2.53 bits per heavy atom. The van der Waals surface area contributed by atoms with Gasteiger partial charge in [-0.3, -0.25) is 4.68 Å². The quantitative estimate of drug-likeness (QED) is 0.902. The van der Waals surface area contributed by atoms with Crippen LogP contribution in [-0.4, -0.2) is 41.4 Å². The SMILES string of the molecule is Cc1nn(C2CCS(=O)(=O)CC2)c(C)c1CCCO. The highest BCUT2D eigenvalue weighted by atomic mass is 32.2. The zero-order valence-corrected chi connectivity index (χ0v) is 12.4. The van der Waals surface area contributed by atoms with Crippen LogP contribution in [0.2, 0.25) is 0 Å². The molecule has 2 heterocycles. The predicted molar refractivity (Wildman–Crippen MR) is 74.0 cm³/mol. The molecule has 2 rings (SSSR count). The van der Waals surface area contributed by atoms with Gasteiger partial charge in [-0.2, -0.15) is 5.10 Å². The number of aliphatic hydroxyl groups is 1. The average molecular weight is 286 g/mol. The lowest BCUT2D eigenvalue weighted by Gasteiger charge is -2.23. The molecule has 0 spiro atoms. The van der Waals surface area contributed by atoms with Crippen molar-refractivity contribution < 1.29 is 13.5 Å². The van der Waals surface area contributed by atoms with Crippen LogP contribution in [-0.2, 0) is 16.3 Å². The third-order valence-corrected chi connectivity index (χ3v) is 5.65. The topological polar surface area (TPSA) is 72.2 Å². The molecule has 19 heavy (non-hydrogen) atoms. The first-order valence-electron chi connectivity index (χ1n) is 6.80. The van der Waals surface area contributed by atoms with E-state index in [0.29, 0.717) is 12.8 Å². The number of aryl methyl sites for hydroxylation is 1. The predicted octanol–water partition coefficient (Wildman–Crippen LogP) is 1.17. The molecule has 5 nitrogen and oxygen atoms in total. The Balaban J connectivity index is 2.17. The molecular formula is C13H22N2O3S. The molecule has 1 fully saturated rings. The Kier molecular flexibility index (Phi) is 4.30. The van der Waals surface area contributed by atoms with Gasteiger partial charge in [0.05, 0.1) is 23.2 Å². The van der Waals surface area contributed by atoms with E-state index in [-0.39, 0.29) is 24.2 Å². The standard InChI is InChI=1S/C13H22N2O3S/c1-10-13(4-3-7-16)11(2)15(14-10)12-5-8-19(17,18)9-6-12/h12,16H,3-9H2,1-2H3. The molecule has 1 N–H and O–H groups in total. The lowest BCUT2D eigenvalue weighted by Crippen LogP contribution is -2.26. The molecule has 1 saturated heterocycles. The number of hydrogen-bond donors (Lipinski definition) is 1. The summed E-state index contributed by atoms with van der Waals surface area (Å²) >= 11 is 0. The number of rotatable bonds is 4. The summed E-state index contributed by atoms with van der Waals surface area (Å²) in [4.78, 5) is 0. The molecule has 0 amide bonds. The Morgan fingerprint density at radius 1 is 1.32 bits per heavy atom. The summed E-state index contributed by atoms with van der Waals surface area (Å²) in [6.07, 6.45) is 2.89. The van der Waals surface area contributed by atoms with Crippen molar-refractivity contribution in [2.45, 2.75) is 45.6 Å². The van der Waals surface area contributed by atoms with Gasteiger partial charge in [0.15, 0.2) is 0 Å². The molecule has 1 aliphatic rings. The van der Waals surface area contributed by atoms with Gasteiger partial charge in [0.1, 0.15) is 9.84 Å². The summed E-state index contributed by atoms with van der Waals surface area (Å²) < 4.78 is 24.9. The van der Waals surface area contributed by atoms with Crippen molar-refractivity contribution in [3.63, 3.8) is 0 Å². The average Bonchev–Trinajstić information content (AvgIpc) is 2.63. The third-order valence-electron chi connectivity index (χ3n) is 3.93. The van der Waals surface area contributed by atoms with Crippen LogP contribution in [0.3, 0.4) is 0 Å². The van der Waals surface area contributed by atoms with E-state index in [1.165, 1.54) is 5.56 Å². The third kappa shape index (κ3) is 3.17. The highest BCUT2D eigenvalue weighted by molar-refractivity contribution is 7.91. The van der Waals surface area contributed by atoms with Crippen LogP contribution in [0, 0.1) is 13.8 Å². The zero-order valence-electron chi connectivity index (χ0n) is 11.6. The van der Waals surface area contributed by atoms with Crippen molar-refractivity contribution in [2.75, 3.05) is 18.1 Å². The molecule has 0 saturated carbocycles. The monoisotopic (exact) mass is 286 g/mol. The van der Waals surface area contributed by atoms with Crippen molar-refractivity contribution in [3.8, 4) is 0 Å². The summed E-state index contributed by atoms with van der Waals surface area (Å²) in [7, 11) is -2.83. The zero-order chi connectivity index (χ0) is 14.0. The van der Waals surface area contributed by atoms with E-state index >= 15 is 0 Å². The smallest absolute Gasteiger partial charge is 0.150 e. The van der Waals surface area contributed by atoms with E-state index in [1.54, 1.807) is 0 Å². The maximum atomic E-state index is 11.5. The van der Waals surface area contributed by atoms with Crippen LogP contribution in [0.5, 0.6) is 0 Å². The maximum absolute atomic E-state index is 11.5. The Hall–Kier alpha value is -0.880. The molecule has 6 heteroatoms. The summed E-state index contributed by atoms with van der Waals surface area (Å²) in [5.74, 6) is 0.532. The first-order valence-corrected chi connectivity index (χ1v) is 8.62. The minimum atomic E-state index is -2.83. The summed E-state index contributed by atoms with van der Waals surface area (Å²) in [5, 5.41) is 13.5. The second-order valence-corrected chi connectivity index (χ2v) is 7.61. The van der Waals surface area contributed by atoms with Crippen molar-refractivity contribution in [2.24, 2.45) is 0 Å². The van der Waals surface area contributed by atoms with Crippen LogP contribution < -0.4 is 0 Å². The lowest BCUT2D eigenvalue weighted by atomic mass is 10.1. The number of aliphatic hydroxyl groups excluding tert-OH is 1. The fraction of sp³-hybridized carbons (Fsp3) is 0.769. The van der Waals surface area contributed by atoms with Gasteiger partial charge in [0, 0.05) is 12.3 Å². The van der Waals surface area contributed by atoms with Crippen molar-refractivity contribution in [1.29, 1.82) is 0 Å². The van der Waals surface area contributed by atoms with E-state index in [4.69, 9.17) is 5.11 Å². The van der Waals surface area contributed by atoms with E-state index in [2.05, 4.69) is 5.10 Å². The molecule has 1 aliphatic heterocycles. The fourth-order valence-corrected chi connectivity index (χ4v) is 4.26. The van der Waals surface area contributed by atoms with Gasteiger partial charge in [-0.1, -0.05) is 0 Å². The first-order chi connectivity index (χ1) is 8.94. The minimum absolute atomic E-state index is 0.186. The van der Waals surface area contributed by atoms with Crippen molar-refractivity contribution in [1.82, 2.24) is 9.78 Å². The van der Waals surface area contributed by atoms with E-state index in [1.807, 2.05) is 18.5 Å². The number of sulfone groups is 1. The molecule has 0 radical (unpaired) electrons. The molecule has 0 aromatic carbocycles. The Morgan fingerprint density at radius 2 is 1.95 bits per heavy atom. The normalized spacial score (nSPS) is 19.7. The number of hydrogen-bond acceptors (Lipinski definition) is 4. The van der Waals surface area contributed by atoms with Crippen LogP contribution >= 0.6 is 0 Å². The van der Waals surface area contributed by atoms with Crippen LogP contribution in [0.4, 0.5) is 0 Å². The highest BCUT2D eigenvalue weighted by Gasteiger charge is 2.27. The first kappa shape index (κ1) is 14.5. The largest absolute Gasteiger partial charge is 0.396 e. The summed E-state index contributed by atoms with van der Waals surface area (Å²) in [6.45, 7) is 4.21. The Bertz CT molecular complexity index is 534. The Labute approximate surface area is 114 Å². The van der Waals surface area contributed by atoms with Gasteiger partial charge in [-0.05, 0) is 45.1 Å². The fourth-order valence-electron chi connectivity index (χ4n) is 2.79. The number of aromatic nitrogens is 2. The molecule has 1 aromatic rings. The molecule has 108 valence electrons. The van der Waals surface area contributed by atoms with Gasteiger partial charge in [0.2, 0.25) is 0 Å². The molecule has 1 aromatic heterocycles. The maximum Gasteiger partial charge on any atom is 0.150 e. The molecule has 0 aliphatic carbocycles. The van der Waals surface area contributed by atoms with Gasteiger partial charge < -0.3 is 5.11 Å². The van der Waals surface area contributed by atoms with E-state index < -0.39 is 9.84 Å². The van der Waals surface area contributed by atoms with Gasteiger partial charge in [0.25, 0.3) is 0 Å². The van der Waals surface area contributed by atoms with Crippen LogP contribution in [0.1, 0.15) is 42.3 Å². The molecule has 0 bridgehead atoms. The second-order valence-electron chi connectivity index (χ2n) is 5.30. The summed E-state index contributed by atoms with van der Waals surface area (Å²) in [6, 6.07) is 0.199. The van der Waals surface area contributed by atoms with Gasteiger partial charge >= 0.3 is 0 Å². The number of nitrogens with zero attached hydrogens (tertiary/aromatic N) is 2. The second kappa shape index (κ2) is 5.63. The van der Waals surface area contributed by atoms with Gasteiger partial charge in [-0.15, -0.1) is 0 Å². The lowest BCUT2D eigenvalue weighted by molar-refractivity contribution is 0.288. The van der Waals surface area contributed by atoms with Crippen molar-refractivity contribution in [3.05, 3.63) is 17.0 Å². The van der Waals surface area contributed by atoms with Gasteiger partial charge in [-0.25, -0.2) is 8.42 Å². The molecule has 0 atom stereocenters.